The van der Waals surface area contributed by atoms with E-state index in [2.05, 4.69) is 15.7 Å². The highest BCUT2D eigenvalue weighted by molar-refractivity contribution is 5.83. The van der Waals surface area contributed by atoms with Crippen molar-refractivity contribution >= 4 is 17.9 Å². The van der Waals surface area contributed by atoms with Crippen LogP contribution in [0.3, 0.4) is 0 Å². The number of carbonyl (C=O) groups excluding carboxylic acids is 2. The summed E-state index contributed by atoms with van der Waals surface area (Å²) < 4.78 is 1.63. The third-order valence-corrected chi connectivity index (χ3v) is 2.47. The number of carboxylic acids is 1. The van der Waals surface area contributed by atoms with Crippen LogP contribution in [0.15, 0.2) is 18.5 Å². The van der Waals surface area contributed by atoms with Gasteiger partial charge in [0.15, 0.2) is 0 Å². The first-order chi connectivity index (χ1) is 9.49. The Morgan fingerprint density at radius 3 is 2.70 bits per heavy atom. The second-order valence-electron chi connectivity index (χ2n) is 4.07. The highest BCUT2D eigenvalue weighted by Crippen LogP contribution is 1.97. The van der Waals surface area contributed by atoms with Gasteiger partial charge >= 0.3 is 12.0 Å². The lowest BCUT2D eigenvalue weighted by atomic mass is 10.1. The third kappa shape index (κ3) is 5.85. The molecule has 0 aliphatic rings. The lowest BCUT2D eigenvalue weighted by molar-refractivity contribution is -0.139. The minimum Gasteiger partial charge on any atom is -0.480 e. The Kier molecular flexibility index (Phi) is 6.01. The minimum absolute atomic E-state index is 0.0444. The molecule has 0 aliphatic carbocycles. The number of amides is 3. The number of carbonyl (C=O) groups is 3. The molecule has 1 aromatic rings. The van der Waals surface area contributed by atoms with Gasteiger partial charge < -0.3 is 21.5 Å². The lowest BCUT2D eigenvalue weighted by Crippen LogP contribution is -2.47. The number of nitrogens with one attached hydrogen (secondary N) is 2. The third-order valence-electron chi connectivity index (χ3n) is 2.47. The first-order valence-electron chi connectivity index (χ1n) is 6.02. The highest BCUT2D eigenvalue weighted by atomic mass is 16.4. The van der Waals surface area contributed by atoms with Gasteiger partial charge in [0.05, 0.1) is 6.54 Å². The van der Waals surface area contributed by atoms with Gasteiger partial charge in [0.25, 0.3) is 0 Å². The average molecular weight is 283 g/mol. The van der Waals surface area contributed by atoms with E-state index in [9.17, 15) is 14.4 Å². The number of aliphatic carboxylic acids is 1. The summed E-state index contributed by atoms with van der Waals surface area (Å²) in [5, 5.41) is 17.6. The number of rotatable bonds is 8. The van der Waals surface area contributed by atoms with Crippen molar-refractivity contribution in [3.8, 4) is 0 Å². The maximum atomic E-state index is 11.5. The van der Waals surface area contributed by atoms with Crippen LogP contribution >= 0.6 is 0 Å². The van der Waals surface area contributed by atoms with Gasteiger partial charge in [0.2, 0.25) is 5.91 Å². The molecule has 0 bridgehead atoms. The van der Waals surface area contributed by atoms with Gasteiger partial charge in [-0.3, -0.25) is 9.48 Å². The average Bonchev–Trinajstić information content (AvgIpc) is 2.87. The van der Waals surface area contributed by atoms with Crippen LogP contribution in [0, 0.1) is 0 Å². The van der Waals surface area contributed by atoms with Gasteiger partial charge in [-0.15, -0.1) is 0 Å². The first-order valence-corrected chi connectivity index (χ1v) is 6.02. The van der Waals surface area contributed by atoms with Crippen LogP contribution in [0.1, 0.15) is 12.8 Å². The lowest BCUT2D eigenvalue weighted by Gasteiger charge is -2.14. The molecule has 0 aliphatic heterocycles. The summed E-state index contributed by atoms with van der Waals surface area (Å²) in [5.74, 6) is -1.83. The molecule has 0 saturated carbocycles. The Balaban J connectivity index is 2.30. The van der Waals surface area contributed by atoms with Crippen LogP contribution in [0.4, 0.5) is 4.79 Å². The molecule has 1 heterocycles. The molecule has 0 aromatic carbocycles. The van der Waals surface area contributed by atoms with Gasteiger partial charge in [0.1, 0.15) is 6.04 Å². The van der Waals surface area contributed by atoms with E-state index >= 15 is 0 Å². The zero-order chi connectivity index (χ0) is 15.0. The number of aromatic nitrogens is 2. The Bertz CT molecular complexity index is 459. The van der Waals surface area contributed by atoms with Crippen molar-refractivity contribution in [2.45, 2.75) is 25.4 Å². The van der Waals surface area contributed by atoms with E-state index in [0.717, 1.165) is 0 Å². The van der Waals surface area contributed by atoms with Crippen molar-refractivity contribution in [2.75, 3.05) is 6.54 Å². The van der Waals surface area contributed by atoms with Gasteiger partial charge in [-0.25, -0.2) is 9.59 Å². The molecule has 9 heteroatoms. The molecule has 0 radical (unpaired) electrons. The normalized spacial score (nSPS) is 11.6. The summed E-state index contributed by atoms with van der Waals surface area (Å²) in [4.78, 5) is 33.0. The van der Waals surface area contributed by atoms with Crippen molar-refractivity contribution in [2.24, 2.45) is 5.73 Å². The highest BCUT2D eigenvalue weighted by Gasteiger charge is 2.20. The molecule has 1 rings (SSSR count). The summed E-state index contributed by atoms with van der Waals surface area (Å²) >= 11 is 0. The van der Waals surface area contributed by atoms with Crippen LogP contribution in [0.2, 0.25) is 0 Å². The predicted octanol–water partition coefficient (Wildman–Crippen LogP) is -1.10. The van der Waals surface area contributed by atoms with Gasteiger partial charge in [0, 0.05) is 25.4 Å². The predicted molar refractivity (Wildman–Crippen MR) is 68.6 cm³/mol. The van der Waals surface area contributed by atoms with Crippen molar-refractivity contribution in [3.05, 3.63) is 18.5 Å². The maximum Gasteiger partial charge on any atom is 0.326 e. The van der Waals surface area contributed by atoms with Crippen LogP contribution < -0.4 is 16.4 Å². The molecule has 3 amide bonds. The molecule has 9 nitrogen and oxygen atoms in total. The summed E-state index contributed by atoms with van der Waals surface area (Å²) in [6, 6.07) is -0.00842. The summed E-state index contributed by atoms with van der Waals surface area (Å²) in [7, 11) is 0. The molecule has 110 valence electrons. The fourth-order valence-corrected chi connectivity index (χ4v) is 1.47. The van der Waals surface area contributed by atoms with Gasteiger partial charge in [-0.05, 0) is 12.5 Å². The molecule has 0 saturated heterocycles. The molecule has 5 N–H and O–H groups in total. The molecular weight excluding hydrogens is 266 g/mol. The van der Waals surface area contributed by atoms with Gasteiger partial charge in [-0.1, -0.05) is 0 Å². The zero-order valence-electron chi connectivity index (χ0n) is 10.8. The molecule has 20 heavy (non-hydrogen) atoms. The van der Waals surface area contributed by atoms with Crippen molar-refractivity contribution in [1.29, 1.82) is 0 Å². The molecule has 0 unspecified atom stereocenters. The first kappa shape index (κ1) is 15.5. The molecular formula is C11H17N5O4. The van der Waals surface area contributed by atoms with Crippen molar-refractivity contribution in [1.82, 2.24) is 20.4 Å². The number of urea groups is 1. The fraction of sp³-hybridized carbons (Fsp3) is 0.455. The van der Waals surface area contributed by atoms with Crippen LogP contribution in [-0.2, 0) is 16.1 Å². The Morgan fingerprint density at radius 1 is 1.40 bits per heavy atom. The Morgan fingerprint density at radius 2 is 2.15 bits per heavy atom. The topological polar surface area (TPSA) is 139 Å². The number of hydrogen-bond acceptors (Lipinski definition) is 4. The number of hydrogen-bond donors (Lipinski definition) is 4. The summed E-state index contributed by atoms with van der Waals surface area (Å²) in [6.07, 6.45) is 3.21. The number of carboxylic acid groups (broad SMARTS) is 1. The summed E-state index contributed by atoms with van der Waals surface area (Å²) in [5.41, 5.74) is 4.94. The quantitative estimate of drug-likeness (QED) is 0.479. The SMILES string of the molecule is NC(=O)CC[C@H](NC(=O)NCCn1cccn1)C(=O)O. The number of primary amides is 1. The maximum absolute atomic E-state index is 11.5. The minimum atomic E-state index is -1.21. The van der Waals surface area contributed by atoms with E-state index < -0.39 is 23.9 Å². The van der Waals surface area contributed by atoms with Crippen molar-refractivity contribution < 1.29 is 19.5 Å². The number of nitrogens with zero attached hydrogens (tertiary/aromatic N) is 2. The number of nitrogens with two attached hydrogens (primary N) is 1. The summed E-state index contributed by atoms with van der Waals surface area (Å²) in [6.45, 7) is 0.773. The molecule has 1 aromatic heterocycles. The second kappa shape index (κ2) is 7.77. The monoisotopic (exact) mass is 283 g/mol. The molecule has 0 spiro atoms. The van der Waals surface area contributed by atoms with E-state index in [4.69, 9.17) is 10.8 Å². The fourth-order valence-electron chi connectivity index (χ4n) is 1.47. The van der Waals surface area contributed by atoms with E-state index in [0.29, 0.717) is 13.1 Å². The molecule has 0 fully saturated rings. The van der Waals surface area contributed by atoms with Crippen LogP contribution in [0.25, 0.3) is 0 Å². The van der Waals surface area contributed by atoms with Crippen molar-refractivity contribution in [3.63, 3.8) is 0 Å². The van der Waals surface area contributed by atoms with E-state index in [1.807, 2.05) is 0 Å². The van der Waals surface area contributed by atoms with Crippen LogP contribution in [-0.4, -0.2) is 45.4 Å². The largest absolute Gasteiger partial charge is 0.480 e. The Hall–Kier alpha value is -2.58. The van der Waals surface area contributed by atoms with E-state index in [1.165, 1.54) is 0 Å². The zero-order valence-corrected chi connectivity index (χ0v) is 10.8. The Labute approximate surface area is 115 Å². The van der Waals surface area contributed by atoms with Crippen LogP contribution in [0.5, 0.6) is 0 Å². The van der Waals surface area contributed by atoms with E-state index in [-0.39, 0.29) is 12.8 Å². The van der Waals surface area contributed by atoms with E-state index in [1.54, 1.807) is 23.1 Å². The smallest absolute Gasteiger partial charge is 0.326 e. The molecule has 1 atom stereocenters. The second-order valence-corrected chi connectivity index (χ2v) is 4.07. The standard InChI is InChI=1S/C11H17N5O4/c12-9(17)3-2-8(10(18)19)15-11(20)13-5-7-16-6-1-4-14-16/h1,4,6,8H,2-3,5,7H2,(H2,12,17)(H,18,19)(H2,13,15,20)/t8-/m0/s1. The van der Waals surface area contributed by atoms with Gasteiger partial charge in [-0.2, -0.15) is 5.10 Å².